The van der Waals surface area contributed by atoms with Crippen molar-refractivity contribution < 1.29 is 8.42 Å². The molecule has 0 amide bonds. The second kappa shape index (κ2) is 4.39. The Labute approximate surface area is 81.2 Å². The Hall–Kier alpha value is -0.130. The van der Waals surface area contributed by atoms with Crippen LogP contribution in [0.3, 0.4) is 0 Å². The van der Waals surface area contributed by atoms with Crippen molar-refractivity contribution in [1.29, 1.82) is 0 Å². The normalized spacial score (nSPS) is 13.7. The fourth-order valence-electron chi connectivity index (χ4n) is 1.46. The van der Waals surface area contributed by atoms with E-state index in [9.17, 15) is 8.42 Å². The van der Waals surface area contributed by atoms with Gasteiger partial charge in [-0.25, -0.2) is 8.42 Å². The van der Waals surface area contributed by atoms with Crippen LogP contribution in [0.2, 0.25) is 0 Å². The molecule has 0 aromatic rings. The molecule has 0 heterocycles. The molecule has 4 nitrogen and oxygen atoms in total. The van der Waals surface area contributed by atoms with Gasteiger partial charge in [-0.3, -0.25) is 0 Å². The Bertz CT molecular complexity index is 237. The molecule has 0 aromatic carbocycles. The van der Waals surface area contributed by atoms with Crippen LogP contribution >= 0.6 is 0 Å². The Kier molecular flexibility index (Phi) is 4.35. The quantitative estimate of drug-likeness (QED) is 0.711. The van der Waals surface area contributed by atoms with Gasteiger partial charge in [0.1, 0.15) is 0 Å². The number of sulfonamides is 1. The molecule has 0 spiro atoms. The van der Waals surface area contributed by atoms with Gasteiger partial charge in [0, 0.05) is 19.1 Å². The van der Waals surface area contributed by atoms with E-state index in [1.807, 2.05) is 13.8 Å². The van der Waals surface area contributed by atoms with Crippen molar-refractivity contribution in [2.24, 2.45) is 5.73 Å². The minimum atomic E-state index is -3.14. The summed E-state index contributed by atoms with van der Waals surface area (Å²) in [5.41, 5.74) is 5.21. The molecule has 0 radical (unpaired) electrons. The predicted octanol–water partition coefficient (Wildman–Crippen LogP) is 0.395. The van der Waals surface area contributed by atoms with Crippen LogP contribution in [0, 0.1) is 0 Å². The maximum Gasteiger partial charge on any atom is 0.211 e. The van der Waals surface area contributed by atoms with Crippen LogP contribution in [0.15, 0.2) is 0 Å². The van der Waals surface area contributed by atoms with E-state index in [0.717, 1.165) is 12.8 Å². The summed E-state index contributed by atoms with van der Waals surface area (Å²) in [7, 11) is -1.55. The van der Waals surface area contributed by atoms with Gasteiger partial charge in [0.05, 0.1) is 6.26 Å². The predicted molar refractivity (Wildman–Crippen MR) is 55.0 cm³/mol. The SMILES string of the molecule is CCC(CC)(CN)N(C)S(C)(=O)=O. The molecule has 0 fully saturated rings. The van der Waals surface area contributed by atoms with Crippen LogP contribution in [-0.2, 0) is 10.0 Å². The second-order valence-corrected chi connectivity index (χ2v) is 5.38. The first-order valence-electron chi connectivity index (χ1n) is 4.48. The van der Waals surface area contributed by atoms with E-state index in [2.05, 4.69) is 0 Å². The molecular weight excluding hydrogens is 188 g/mol. The van der Waals surface area contributed by atoms with E-state index in [1.165, 1.54) is 10.6 Å². The van der Waals surface area contributed by atoms with E-state index in [1.54, 1.807) is 7.05 Å². The van der Waals surface area contributed by atoms with E-state index in [-0.39, 0.29) is 0 Å². The first-order valence-corrected chi connectivity index (χ1v) is 6.33. The van der Waals surface area contributed by atoms with Crippen LogP contribution in [-0.4, -0.2) is 38.1 Å². The lowest BCUT2D eigenvalue weighted by atomic mass is 9.93. The third kappa shape index (κ3) is 2.65. The molecule has 0 saturated carbocycles. The van der Waals surface area contributed by atoms with Crippen molar-refractivity contribution in [3.8, 4) is 0 Å². The molecule has 2 N–H and O–H groups in total. The smallest absolute Gasteiger partial charge is 0.211 e. The molecular formula is C8H20N2O2S. The Morgan fingerprint density at radius 3 is 1.77 bits per heavy atom. The van der Waals surface area contributed by atoms with E-state index in [0.29, 0.717) is 6.54 Å². The van der Waals surface area contributed by atoms with Gasteiger partial charge in [-0.15, -0.1) is 0 Å². The van der Waals surface area contributed by atoms with Gasteiger partial charge in [0.25, 0.3) is 0 Å². The molecule has 5 heteroatoms. The number of hydrogen-bond acceptors (Lipinski definition) is 3. The minimum absolute atomic E-state index is 0.365. The number of nitrogens with two attached hydrogens (primary N) is 1. The highest BCUT2D eigenvalue weighted by Crippen LogP contribution is 2.23. The average Bonchev–Trinajstić information content (AvgIpc) is 2.07. The third-order valence-electron chi connectivity index (χ3n) is 2.86. The van der Waals surface area contributed by atoms with Crippen molar-refractivity contribution in [3.05, 3.63) is 0 Å². The van der Waals surface area contributed by atoms with Crippen molar-refractivity contribution in [1.82, 2.24) is 4.31 Å². The van der Waals surface area contributed by atoms with E-state index < -0.39 is 15.6 Å². The highest BCUT2D eigenvalue weighted by atomic mass is 32.2. The van der Waals surface area contributed by atoms with E-state index in [4.69, 9.17) is 5.73 Å². The maximum absolute atomic E-state index is 11.3. The summed E-state index contributed by atoms with van der Waals surface area (Å²) in [6, 6.07) is 0. The zero-order valence-corrected chi connectivity index (χ0v) is 9.69. The molecule has 13 heavy (non-hydrogen) atoms. The van der Waals surface area contributed by atoms with Crippen molar-refractivity contribution in [2.45, 2.75) is 32.2 Å². The molecule has 0 aliphatic carbocycles. The van der Waals surface area contributed by atoms with Crippen LogP contribution in [0.25, 0.3) is 0 Å². The first-order chi connectivity index (χ1) is 5.84. The molecule has 0 saturated heterocycles. The van der Waals surface area contributed by atoms with Crippen LogP contribution in [0.4, 0.5) is 0 Å². The highest BCUT2D eigenvalue weighted by molar-refractivity contribution is 7.88. The second-order valence-electron chi connectivity index (χ2n) is 3.37. The molecule has 0 rings (SSSR count). The molecule has 0 unspecified atom stereocenters. The average molecular weight is 208 g/mol. The van der Waals surface area contributed by atoms with E-state index >= 15 is 0 Å². The number of rotatable bonds is 5. The molecule has 80 valence electrons. The molecule has 0 atom stereocenters. The lowest BCUT2D eigenvalue weighted by Crippen LogP contribution is -2.53. The summed E-state index contributed by atoms with van der Waals surface area (Å²) in [6.07, 6.45) is 2.69. The van der Waals surface area contributed by atoms with Gasteiger partial charge < -0.3 is 5.73 Å². The molecule has 0 aromatic heterocycles. The first kappa shape index (κ1) is 12.9. The van der Waals surface area contributed by atoms with Gasteiger partial charge in [-0.1, -0.05) is 13.8 Å². The maximum atomic E-state index is 11.3. The van der Waals surface area contributed by atoms with Crippen molar-refractivity contribution in [3.63, 3.8) is 0 Å². The summed E-state index contributed by atoms with van der Waals surface area (Å²) in [6.45, 7) is 4.28. The molecule has 0 aliphatic rings. The highest BCUT2D eigenvalue weighted by Gasteiger charge is 2.34. The van der Waals surface area contributed by atoms with Gasteiger partial charge in [-0.05, 0) is 12.8 Å². The molecule has 0 bridgehead atoms. The van der Waals surface area contributed by atoms with Crippen LogP contribution in [0.5, 0.6) is 0 Å². The number of hydrogen-bond donors (Lipinski definition) is 1. The van der Waals surface area contributed by atoms with Crippen molar-refractivity contribution in [2.75, 3.05) is 19.8 Å². The van der Waals surface area contributed by atoms with Crippen LogP contribution < -0.4 is 5.73 Å². The molecule has 0 aliphatic heterocycles. The fraction of sp³-hybridized carbons (Fsp3) is 1.00. The lowest BCUT2D eigenvalue weighted by molar-refractivity contribution is 0.209. The topological polar surface area (TPSA) is 63.4 Å². The Morgan fingerprint density at radius 2 is 1.69 bits per heavy atom. The third-order valence-corrected chi connectivity index (χ3v) is 4.24. The summed E-state index contributed by atoms with van der Waals surface area (Å²) in [5.74, 6) is 0. The summed E-state index contributed by atoms with van der Waals surface area (Å²) in [4.78, 5) is 0. The minimum Gasteiger partial charge on any atom is -0.329 e. The van der Waals surface area contributed by atoms with Gasteiger partial charge >= 0.3 is 0 Å². The van der Waals surface area contributed by atoms with Gasteiger partial charge in [0.2, 0.25) is 10.0 Å². The monoisotopic (exact) mass is 208 g/mol. The largest absolute Gasteiger partial charge is 0.329 e. The summed E-state index contributed by atoms with van der Waals surface area (Å²) >= 11 is 0. The van der Waals surface area contributed by atoms with Crippen molar-refractivity contribution >= 4 is 10.0 Å². The van der Waals surface area contributed by atoms with Crippen LogP contribution in [0.1, 0.15) is 26.7 Å². The van der Waals surface area contributed by atoms with Gasteiger partial charge in [-0.2, -0.15) is 4.31 Å². The number of nitrogens with zero attached hydrogens (tertiary/aromatic N) is 1. The lowest BCUT2D eigenvalue weighted by Gasteiger charge is -2.38. The summed E-state index contributed by atoms with van der Waals surface area (Å²) < 4.78 is 24.0. The Balaban J connectivity index is 4.96. The Morgan fingerprint density at radius 1 is 1.31 bits per heavy atom. The zero-order chi connectivity index (χ0) is 10.7. The fourth-order valence-corrected chi connectivity index (χ4v) is 2.50. The van der Waals surface area contributed by atoms with Gasteiger partial charge in [0.15, 0.2) is 0 Å². The standard InChI is InChI=1S/C8H20N2O2S/c1-5-8(6-2,7-9)10(3)13(4,11)12/h5-7,9H2,1-4H3. The number of likely N-dealkylation sites (N-methyl/N-ethyl adjacent to an activating group) is 1. The summed E-state index contributed by atoms with van der Waals surface area (Å²) in [5, 5.41) is 0. The zero-order valence-electron chi connectivity index (χ0n) is 8.87.